The Kier molecular flexibility index (Phi) is 10.2. The number of likely N-dealkylation sites (tertiary alicyclic amines) is 1. The van der Waals surface area contributed by atoms with Crippen molar-refractivity contribution >= 4 is 29.9 Å². The van der Waals surface area contributed by atoms with Gasteiger partial charge in [-0.1, -0.05) is 13.8 Å². The fraction of sp³-hybridized carbons (Fsp3) is 0.810. The van der Waals surface area contributed by atoms with E-state index < -0.39 is 0 Å². The molecule has 2 aliphatic rings. The van der Waals surface area contributed by atoms with Gasteiger partial charge in [0.05, 0.1) is 24.5 Å². The molecule has 2 saturated heterocycles. The molecule has 1 unspecified atom stereocenters. The first kappa shape index (κ1) is 24.4. The van der Waals surface area contributed by atoms with Gasteiger partial charge in [-0.05, 0) is 38.5 Å². The van der Waals surface area contributed by atoms with Crippen LogP contribution in [0.1, 0.15) is 56.5 Å². The first-order valence-electron chi connectivity index (χ1n) is 10.9. The highest BCUT2D eigenvalue weighted by Crippen LogP contribution is 2.19. The number of rotatable bonds is 7. The monoisotopic (exact) mass is 519 g/mol. The van der Waals surface area contributed by atoms with E-state index in [1.54, 1.807) is 0 Å². The second kappa shape index (κ2) is 12.1. The maximum atomic E-state index is 6.10. The van der Waals surface area contributed by atoms with Gasteiger partial charge in [0.25, 0.3) is 0 Å². The third kappa shape index (κ3) is 6.30. The van der Waals surface area contributed by atoms with Gasteiger partial charge in [0.15, 0.2) is 5.96 Å². The highest BCUT2D eigenvalue weighted by molar-refractivity contribution is 14.0. The van der Waals surface area contributed by atoms with E-state index in [0.717, 1.165) is 70.9 Å². The van der Waals surface area contributed by atoms with Gasteiger partial charge in [-0.25, -0.2) is 0 Å². The molecule has 0 bridgehead atoms. The number of aryl methyl sites for hydroxylation is 2. The molecule has 0 aliphatic carbocycles. The van der Waals surface area contributed by atoms with E-state index in [2.05, 4.69) is 34.2 Å². The van der Waals surface area contributed by atoms with Crippen molar-refractivity contribution in [3.63, 3.8) is 0 Å². The maximum Gasteiger partial charge on any atom is 0.193 e. The largest absolute Gasteiger partial charge is 0.376 e. The summed E-state index contributed by atoms with van der Waals surface area (Å²) in [6, 6.07) is 0. The van der Waals surface area contributed by atoms with Gasteiger partial charge in [-0.15, -0.1) is 24.0 Å². The van der Waals surface area contributed by atoms with Gasteiger partial charge in [-0.3, -0.25) is 9.67 Å². The van der Waals surface area contributed by atoms with Crippen LogP contribution >= 0.6 is 24.0 Å². The van der Waals surface area contributed by atoms with Crippen molar-refractivity contribution < 1.29 is 9.47 Å². The van der Waals surface area contributed by atoms with Crippen molar-refractivity contribution in [3.05, 3.63) is 17.0 Å². The summed E-state index contributed by atoms with van der Waals surface area (Å²) >= 11 is 0. The Morgan fingerprint density at radius 3 is 2.59 bits per heavy atom. The Labute approximate surface area is 192 Å². The second-order valence-electron chi connectivity index (χ2n) is 7.76. The van der Waals surface area contributed by atoms with Crippen LogP contribution in [0.4, 0.5) is 0 Å². The summed E-state index contributed by atoms with van der Waals surface area (Å²) in [5, 5.41) is 8.25. The summed E-state index contributed by atoms with van der Waals surface area (Å²) in [5.74, 6) is 0.977. The summed E-state index contributed by atoms with van der Waals surface area (Å²) in [6.45, 7) is 8.73. The van der Waals surface area contributed by atoms with Gasteiger partial charge in [0.2, 0.25) is 0 Å². The molecule has 0 saturated carbocycles. The maximum absolute atomic E-state index is 6.10. The van der Waals surface area contributed by atoms with E-state index >= 15 is 0 Å². The van der Waals surface area contributed by atoms with Crippen LogP contribution in [0, 0.1) is 0 Å². The molecular weight excluding hydrogens is 481 g/mol. The molecule has 3 heterocycles. The molecule has 8 heteroatoms. The molecule has 1 atom stereocenters. The van der Waals surface area contributed by atoms with E-state index in [4.69, 9.17) is 9.47 Å². The zero-order chi connectivity index (χ0) is 19.9. The Morgan fingerprint density at radius 1 is 1.24 bits per heavy atom. The molecule has 0 radical (unpaired) electrons. The van der Waals surface area contributed by atoms with Crippen LogP contribution in [0.5, 0.6) is 0 Å². The van der Waals surface area contributed by atoms with Crippen LogP contribution in [0.3, 0.4) is 0 Å². The van der Waals surface area contributed by atoms with Gasteiger partial charge in [-0.2, -0.15) is 5.10 Å². The predicted octanol–water partition coefficient (Wildman–Crippen LogP) is 2.90. The number of guanidine groups is 1. The zero-order valence-electron chi connectivity index (χ0n) is 18.4. The van der Waals surface area contributed by atoms with E-state index in [9.17, 15) is 0 Å². The SMILES string of the molecule is CCc1nn(C)c(CC)c1CNC(=NC)N1CCC(OCC2CCCO2)CC1.I. The zero-order valence-corrected chi connectivity index (χ0v) is 20.8. The third-order valence-electron chi connectivity index (χ3n) is 5.95. The first-order valence-corrected chi connectivity index (χ1v) is 10.9. The van der Waals surface area contributed by atoms with Crippen molar-refractivity contribution in [1.82, 2.24) is 20.0 Å². The lowest BCUT2D eigenvalue weighted by atomic mass is 10.1. The van der Waals surface area contributed by atoms with Crippen LogP contribution in [-0.2, 0) is 35.9 Å². The van der Waals surface area contributed by atoms with Gasteiger partial charge in [0, 0.05) is 51.6 Å². The molecule has 2 fully saturated rings. The van der Waals surface area contributed by atoms with Crippen LogP contribution < -0.4 is 5.32 Å². The number of nitrogens with zero attached hydrogens (tertiary/aromatic N) is 4. The highest BCUT2D eigenvalue weighted by Gasteiger charge is 2.24. The van der Waals surface area contributed by atoms with Gasteiger partial charge in [0.1, 0.15) is 0 Å². The lowest BCUT2D eigenvalue weighted by Crippen LogP contribution is -2.47. The number of aliphatic imine (C=N–C) groups is 1. The quantitative estimate of drug-likeness (QED) is 0.341. The van der Waals surface area contributed by atoms with Gasteiger partial charge < -0.3 is 19.7 Å². The summed E-state index contributed by atoms with van der Waals surface area (Å²) in [7, 11) is 3.91. The molecular formula is C21H38IN5O2. The minimum Gasteiger partial charge on any atom is -0.376 e. The van der Waals surface area contributed by atoms with E-state index in [1.165, 1.54) is 23.4 Å². The van der Waals surface area contributed by atoms with Crippen LogP contribution in [0.15, 0.2) is 4.99 Å². The molecule has 1 N–H and O–H groups in total. The van der Waals surface area contributed by atoms with Crippen LogP contribution in [0.2, 0.25) is 0 Å². The molecule has 0 amide bonds. The Bertz CT molecular complexity index is 650. The molecule has 2 aliphatic heterocycles. The molecule has 3 rings (SSSR count). The van der Waals surface area contributed by atoms with E-state index in [0.29, 0.717) is 12.2 Å². The number of ether oxygens (including phenoxy) is 2. The number of piperidine rings is 1. The summed E-state index contributed by atoms with van der Waals surface area (Å²) in [6.07, 6.45) is 7.00. The van der Waals surface area contributed by atoms with Crippen molar-refractivity contribution in [2.24, 2.45) is 12.0 Å². The molecule has 29 heavy (non-hydrogen) atoms. The molecule has 166 valence electrons. The highest BCUT2D eigenvalue weighted by atomic mass is 127. The standard InChI is InChI=1S/C21H37N5O2.HI/c1-5-19-18(20(6-2)25(4)24-19)14-23-21(22-3)26-11-9-16(10-12-26)28-15-17-8-7-13-27-17;/h16-17H,5-15H2,1-4H3,(H,22,23);1H. The van der Waals surface area contributed by atoms with Crippen LogP contribution in [0.25, 0.3) is 0 Å². The molecule has 1 aromatic rings. The number of hydrogen-bond donors (Lipinski definition) is 1. The van der Waals surface area contributed by atoms with Crippen molar-refractivity contribution in [2.75, 3.05) is 33.4 Å². The van der Waals surface area contributed by atoms with E-state index in [-0.39, 0.29) is 24.0 Å². The molecule has 0 spiro atoms. The summed E-state index contributed by atoms with van der Waals surface area (Å²) in [4.78, 5) is 6.87. The average molecular weight is 519 g/mol. The van der Waals surface area contributed by atoms with Gasteiger partial charge >= 0.3 is 0 Å². The number of hydrogen-bond acceptors (Lipinski definition) is 4. The smallest absolute Gasteiger partial charge is 0.193 e. The molecule has 0 aromatic carbocycles. The topological polar surface area (TPSA) is 63.9 Å². The Morgan fingerprint density at radius 2 is 2.00 bits per heavy atom. The van der Waals surface area contributed by atoms with Crippen LogP contribution in [-0.4, -0.2) is 66.2 Å². The van der Waals surface area contributed by atoms with Crippen molar-refractivity contribution in [3.8, 4) is 0 Å². The number of aromatic nitrogens is 2. The molecule has 1 aromatic heterocycles. The van der Waals surface area contributed by atoms with Crippen molar-refractivity contribution in [2.45, 2.75) is 71.1 Å². The first-order chi connectivity index (χ1) is 13.7. The number of halogens is 1. The average Bonchev–Trinajstić information content (AvgIpc) is 3.35. The third-order valence-corrected chi connectivity index (χ3v) is 5.95. The summed E-state index contributed by atoms with van der Waals surface area (Å²) < 4.78 is 13.8. The second-order valence-corrected chi connectivity index (χ2v) is 7.76. The number of nitrogens with one attached hydrogen (secondary N) is 1. The fourth-order valence-electron chi connectivity index (χ4n) is 4.35. The Hall–Kier alpha value is -0.870. The minimum absolute atomic E-state index is 0. The Balaban J connectivity index is 0.00000300. The predicted molar refractivity (Wildman–Crippen MR) is 127 cm³/mol. The normalized spacial score (nSPS) is 20.8. The minimum atomic E-state index is 0. The fourth-order valence-corrected chi connectivity index (χ4v) is 4.35. The lowest BCUT2D eigenvalue weighted by Gasteiger charge is -2.34. The summed E-state index contributed by atoms with van der Waals surface area (Å²) in [5.41, 5.74) is 3.81. The lowest BCUT2D eigenvalue weighted by molar-refractivity contribution is -0.0367. The van der Waals surface area contributed by atoms with Crippen molar-refractivity contribution in [1.29, 1.82) is 0 Å². The molecule has 7 nitrogen and oxygen atoms in total. The van der Waals surface area contributed by atoms with E-state index in [1.807, 2.05) is 18.8 Å².